The normalized spacial score (nSPS) is 13.8. The summed E-state index contributed by atoms with van der Waals surface area (Å²) in [5.74, 6) is 0.403. The Morgan fingerprint density at radius 3 is 2.05 bits per heavy atom. The number of rotatable bonds is 2. The highest BCUT2D eigenvalue weighted by atomic mass is 15.1. The van der Waals surface area contributed by atoms with Crippen LogP contribution in [0.5, 0.6) is 0 Å². The first-order chi connectivity index (χ1) is 23.4. The summed E-state index contributed by atoms with van der Waals surface area (Å²) in [7, 11) is 0. The second-order valence-electron chi connectivity index (χ2n) is 11.0. The fourth-order valence-corrected chi connectivity index (χ4v) is 7.03. The molecule has 1 aliphatic rings. The van der Waals surface area contributed by atoms with Crippen LogP contribution in [-0.2, 0) is 0 Å². The molecule has 0 atom stereocenters. The average molecular weight is 551 g/mol. The van der Waals surface area contributed by atoms with Gasteiger partial charge in [-0.05, 0) is 56.6 Å². The fraction of sp³-hybridized carbons (Fsp3) is 0. The number of benzene rings is 7. The number of fused-ring (bicyclic) bond motifs is 6. The third-order valence-corrected chi connectivity index (χ3v) is 8.79. The zero-order chi connectivity index (χ0) is 32.4. The van der Waals surface area contributed by atoms with Gasteiger partial charge < -0.3 is 0 Å². The van der Waals surface area contributed by atoms with Crippen LogP contribution in [0.2, 0.25) is 0 Å². The van der Waals surface area contributed by atoms with E-state index in [9.17, 15) is 0 Å². The highest BCUT2D eigenvalue weighted by Gasteiger charge is 2.26. The van der Waals surface area contributed by atoms with Gasteiger partial charge in [-0.2, -0.15) is 0 Å². The van der Waals surface area contributed by atoms with E-state index >= 15 is 0 Å². The lowest BCUT2D eigenvalue weighted by molar-refractivity contribution is 1.08. The van der Waals surface area contributed by atoms with Gasteiger partial charge in [0.25, 0.3) is 0 Å². The highest BCUT2D eigenvalue weighted by molar-refractivity contribution is 6.30. The molecule has 0 spiro atoms. The maximum absolute atomic E-state index is 8.97. The lowest BCUT2D eigenvalue weighted by atomic mass is 9.93. The molecule has 0 N–H and O–H groups in total. The molecule has 10 rings (SSSR count). The molecule has 0 radical (unpaired) electrons. The van der Waals surface area contributed by atoms with Crippen LogP contribution < -0.4 is 0 Å². The minimum atomic E-state index is -0.448. The van der Waals surface area contributed by atoms with Gasteiger partial charge in [0.1, 0.15) is 5.69 Å². The van der Waals surface area contributed by atoms with Crippen molar-refractivity contribution in [2.75, 3.05) is 0 Å². The quantitative estimate of drug-likeness (QED) is 0.200. The predicted molar refractivity (Wildman–Crippen MR) is 179 cm³/mol. The van der Waals surface area contributed by atoms with E-state index in [1.54, 1.807) is 0 Å². The van der Waals surface area contributed by atoms with Gasteiger partial charge >= 0.3 is 0 Å². The minimum Gasteiger partial charge on any atom is -0.292 e. The Balaban J connectivity index is 1.45. The van der Waals surface area contributed by atoms with Crippen molar-refractivity contribution in [3.05, 3.63) is 139 Å². The van der Waals surface area contributed by atoms with Gasteiger partial charge in [0.15, 0.2) is 5.82 Å². The molecule has 3 heteroatoms. The smallest absolute Gasteiger partial charge is 0.165 e. The van der Waals surface area contributed by atoms with Crippen molar-refractivity contribution in [2.24, 2.45) is 0 Å². The summed E-state index contributed by atoms with van der Waals surface area (Å²) in [6.45, 7) is 0. The molecule has 0 saturated carbocycles. The van der Waals surface area contributed by atoms with E-state index in [-0.39, 0.29) is 23.3 Å². The van der Waals surface area contributed by atoms with E-state index in [1.165, 1.54) is 5.56 Å². The predicted octanol–water partition coefficient (Wildman–Crippen LogP) is 10.3. The number of aromatic nitrogens is 3. The minimum absolute atomic E-state index is 0.0173. The summed E-state index contributed by atoms with van der Waals surface area (Å²) in [5, 5.41) is 6.33. The molecule has 2 aromatic heterocycles. The first-order valence-corrected chi connectivity index (χ1v) is 14.3. The van der Waals surface area contributed by atoms with Crippen LogP contribution in [0.3, 0.4) is 0 Å². The van der Waals surface area contributed by atoms with Crippen LogP contribution in [0.1, 0.15) is 6.85 Å². The van der Waals surface area contributed by atoms with Gasteiger partial charge in [0.2, 0.25) is 0 Å². The highest BCUT2D eigenvalue weighted by Crippen LogP contribution is 2.49. The second kappa shape index (κ2) is 8.37. The molecule has 9 aromatic rings. The van der Waals surface area contributed by atoms with Crippen molar-refractivity contribution < 1.29 is 6.85 Å². The van der Waals surface area contributed by atoms with Gasteiger partial charge in [-0.1, -0.05) is 121 Å². The van der Waals surface area contributed by atoms with Crippen molar-refractivity contribution in [1.82, 2.24) is 14.5 Å². The van der Waals surface area contributed by atoms with E-state index in [0.29, 0.717) is 16.9 Å². The second-order valence-corrected chi connectivity index (χ2v) is 11.0. The number of hydrogen-bond donors (Lipinski definition) is 0. The van der Waals surface area contributed by atoms with Crippen LogP contribution in [0.4, 0.5) is 0 Å². The van der Waals surface area contributed by atoms with Gasteiger partial charge in [-0.3, -0.25) is 4.57 Å². The zero-order valence-corrected chi connectivity index (χ0v) is 22.7. The maximum atomic E-state index is 8.97. The largest absolute Gasteiger partial charge is 0.292 e. The molecule has 1 aliphatic carbocycles. The first kappa shape index (κ1) is 18.6. The first-order valence-electron chi connectivity index (χ1n) is 16.8. The van der Waals surface area contributed by atoms with Gasteiger partial charge in [-0.25, -0.2) is 9.97 Å². The van der Waals surface area contributed by atoms with E-state index in [2.05, 4.69) is 71.3 Å². The number of hydrogen-bond acceptors (Lipinski definition) is 2. The van der Waals surface area contributed by atoms with Crippen molar-refractivity contribution in [3.63, 3.8) is 0 Å². The molecule has 0 unspecified atom stereocenters. The molecule has 3 nitrogen and oxygen atoms in total. The third-order valence-electron chi connectivity index (χ3n) is 8.79. The Morgan fingerprint density at radius 2 is 1.19 bits per heavy atom. The Morgan fingerprint density at radius 1 is 0.512 bits per heavy atom. The SMILES string of the molecule is [2H]c1c([2H])c([2H])c(-c2nc3ccc4ccccc4c3nc2-n2c3cccc4c3c3c5c(cccc5ccc32)-c2ccccc2-4)c([2H])c1[2H]. The summed E-state index contributed by atoms with van der Waals surface area (Å²) in [4.78, 5) is 10.4. The van der Waals surface area contributed by atoms with Gasteiger partial charge in [0.05, 0.1) is 28.9 Å². The third kappa shape index (κ3) is 3.03. The summed E-state index contributed by atoms with van der Waals surface area (Å²) < 4.78 is 45.3. The molecule has 0 fully saturated rings. The molecular formula is C40H23N3. The molecule has 0 amide bonds. The Hall–Kier alpha value is -5.80. The summed E-state index contributed by atoms with van der Waals surface area (Å²) >= 11 is 0. The van der Waals surface area contributed by atoms with Crippen LogP contribution in [-0.4, -0.2) is 14.5 Å². The van der Waals surface area contributed by atoms with E-state index < -0.39 is 18.1 Å². The molecular weight excluding hydrogens is 522 g/mol. The molecule has 198 valence electrons. The molecule has 0 bridgehead atoms. The van der Waals surface area contributed by atoms with Crippen LogP contribution >= 0.6 is 0 Å². The summed E-state index contributed by atoms with van der Waals surface area (Å²) in [6.07, 6.45) is 0. The van der Waals surface area contributed by atoms with Crippen molar-refractivity contribution in [3.8, 4) is 39.3 Å². The van der Waals surface area contributed by atoms with Crippen LogP contribution in [0.25, 0.3) is 93.7 Å². The van der Waals surface area contributed by atoms with E-state index in [1.807, 2.05) is 42.5 Å². The average Bonchev–Trinajstić information content (AvgIpc) is 3.40. The van der Waals surface area contributed by atoms with Crippen molar-refractivity contribution in [2.45, 2.75) is 0 Å². The van der Waals surface area contributed by atoms with Crippen molar-refractivity contribution >= 4 is 54.4 Å². The van der Waals surface area contributed by atoms with Gasteiger partial charge in [0, 0.05) is 21.7 Å². The Labute approximate surface area is 254 Å². The Kier molecular flexibility index (Phi) is 3.62. The zero-order valence-electron chi connectivity index (χ0n) is 27.7. The maximum Gasteiger partial charge on any atom is 0.165 e. The van der Waals surface area contributed by atoms with Gasteiger partial charge in [-0.15, -0.1) is 0 Å². The van der Waals surface area contributed by atoms with E-state index in [0.717, 1.165) is 60.0 Å². The fourth-order valence-electron chi connectivity index (χ4n) is 7.03. The standard InChI is InChI=1S/C40H23N3/c1-2-11-26(12-3-1)38-40(42-39-27-14-5-4-10-24(27)20-22-32(39)41-38)43-33-19-9-18-31-29-16-7-6-15-28(29)30-17-8-13-25-21-23-34(43)37(35(25)30)36(31)33/h1-23H/i1D,2D,3D,11D,12D. The van der Waals surface area contributed by atoms with Crippen LogP contribution in [0.15, 0.2) is 139 Å². The monoisotopic (exact) mass is 550 g/mol. The molecule has 7 aromatic carbocycles. The molecule has 43 heavy (non-hydrogen) atoms. The van der Waals surface area contributed by atoms with E-state index in [4.69, 9.17) is 16.8 Å². The summed E-state index contributed by atoms with van der Waals surface area (Å²) in [5.41, 5.74) is 7.82. The molecule has 0 aliphatic heterocycles. The lowest BCUT2D eigenvalue weighted by Gasteiger charge is -2.16. The Bertz CT molecular complexity index is 2880. The van der Waals surface area contributed by atoms with Crippen molar-refractivity contribution in [1.29, 1.82) is 0 Å². The molecule has 2 heterocycles. The topological polar surface area (TPSA) is 30.7 Å². The lowest BCUT2D eigenvalue weighted by Crippen LogP contribution is -2.04. The summed E-state index contributed by atoms with van der Waals surface area (Å²) in [6, 6.07) is 35.3. The number of nitrogens with zero attached hydrogens (tertiary/aromatic N) is 3. The van der Waals surface area contributed by atoms with Crippen LogP contribution in [0, 0.1) is 0 Å². The molecule has 0 saturated heterocycles.